The Balaban J connectivity index is 2.00. The van der Waals surface area contributed by atoms with Crippen molar-refractivity contribution < 1.29 is 18.3 Å². The van der Waals surface area contributed by atoms with Crippen molar-refractivity contribution in [2.75, 3.05) is 6.61 Å². The fraction of sp³-hybridized carbons (Fsp3) is 0.158. The molecule has 0 bridgehead atoms. The molecule has 0 saturated carbocycles. The van der Waals surface area contributed by atoms with Crippen molar-refractivity contribution >= 4 is 5.91 Å². The van der Waals surface area contributed by atoms with Gasteiger partial charge in [-0.05, 0) is 12.1 Å². The van der Waals surface area contributed by atoms with Gasteiger partial charge in [0.1, 0.15) is 12.4 Å². The van der Waals surface area contributed by atoms with Gasteiger partial charge in [-0.3, -0.25) is 24.6 Å². The molecule has 0 spiro atoms. The smallest absolute Gasteiger partial charge is 0.296 e. The number of amides is 1. The van der Waals surface area contributed by atoms with Crippen LogP contribution in [0.3, 0.4) is 0 Å². The van der Waals surface area contributed by atoms with Crippen LogP contribution in [0.25, 0.3) is 11.4 Å². The van der Waals surface area contributed by atoms with Crippen LogP contribution >= 0.6 is 0 Å². The monoisotopic (exact) mass is 401 g/mol. The van der Waals surface area contributed by atoms with Crippen molar-refractivity contribution in [3.63, 3.8) is 0 Å². The van der Waals surface area contributed by atoms with E-state index in [1.54, 1.807) is 30.3 Å². The van der Waals surface area contributed by atoms with Crippen LogP contribution in [0.4, 0.5) is 8.78 Å². The van der Waals surface area contributed by atoms with Gasteiger partial charge in [0.2, 0.25) is 5.75 Å². The highest BCUT2D eigenvalue weighted by Crippen LogP contribution is 2.18. The standard InChI is InChI=1S/C19H17F2N5O3/c20-16(21)11-29-15-9-24-17(12-4-2-1-3-5-12)26(19(15)28)10-14-7-6-13(8-23-14)18(27)25-22/h1-9,16H,10-11,22H2,(H,25,27). The summed E-state index contributed by atoms with van der Waals surface area (Å²) in [6.07, 6.45) is -0.277. The molecule has 0 unspecified atom stereocenters. The molecule has 3 aromatic rings. The third kappa shape index (κ3) is 4.79. The second-order valence-electron chi connectivity index (χ2n) is 5.92. The number of pyridine rings is 1. The van der Waals surface area contributed by atoms with E-state index in [0.717, 1.165) is 6.20 Å². The van der Waals surface area contributed by atoms with Crippen LogP contribution in [0.15, 0.2) is 59.7 Å². The average Bonchev–Trinajstić information content (AvgIpc) is 2.74. The molecule has 1 amide bonds. The lowest BCUT2D eigenvalue weighted by Gasteiger charge is -2.14. The maximum Gasteiger partial charge on any atom is 0.296 e. The summed E-state index contributed by atoms with van der Waals surface area (Å²) in [5.41, 5.74) is 2.73. The molecule has 3 rings (SSSR count). The highest BCUT2D eigenvalue weighted by molar-refractivity contribution is 5.93. The Labute approximate surface area is 164 Å². The zero-order valence-electron chi connectivity index (χ0n) is 15.1. The third-order valence-electron chi connectivity index (χ3n) is 3.95. The summed E-state index contributed by atoms with van der Waals surface area (Å²) in [5, 5.41) is 0. The Kier molecular flexibility index (Phi) is 6.25. The van der Waals surface area contributed by atoms with Crippen molar-refractivity contribution in [1.82, 2.24) is 20.0 Å². The van der Waals surface area contributed by atoms with E-state index in [2.05, 4.69) is 9.97 Å². The number of hydrogen-bond donors (Lipinski definition) is 2. The van der Waals surface area contributed by atoms with Crippen LogP contribution in [0.5, 0.6) is 5.75 Å². The molecular weight excluding hydrogens is 384 g/mol. The van der Waals surface area contributed by atoms with Crippen LogP contribution in [0, 0.1) is 0 Å². The highest BCUT2D eigenvalue weighted by atomic mass is 19.3. The van der Waals surface area contributed by atoms with E-state index in [0.29, 0.717) is 17.1 Å². The third-order valence-corrected chi connectivity index (χ3v) is 3.95. The molecule has 29 heavy (non-hydrogen) atoms. The molecule has 2 aromatic heterocycles. The number of ether oxygens (including phenoxy) is 1. The number of hydrogen-bond acceptors (Lipinski definition) is 6. The van der Waals surface area contributed by atoms with Gasteiger partial charge in [0.15, 0.2) is 0 Å². The minimum absolute atomic E-state index is 0.00748. The Morgan fingerprint density at radius 2 is 1.90 bits per heavy atom. The lowest BCUT2D eigenvalue weighted by atomic mass is 10.2. The predicted octanol–water partition coefficient (Wildman–Crippen LogP) is 1.60. The van der Waals surface area contributed by atoms with Gasteiger partial charge in [-0.25, -0.2) is 19.6 Å². The summed E-state index contributed by atoms with van der Waals surface area (Å²) in [7, 11) is 0. The molecule has 10 heteroatoms. The zero-order chi connectivity index (χ0) is 20.8. The number of benzene rings is 1. The Bertz CT molecular complexity index is 1040. The van der Waals surface area contributed by atoms with Gasteiger partial charge in [0, 0.05) is 11.8 Å². The number of halogens is 2. The van der Waals surface area contributed by atoms with E-state index in [9.17, 15) is 18.4 Å². The summed E-state index contributed by atoms with van der Waals surface area (Å²) in [4.78, 5) is 32.8. The van der Waals surface area contributed by atoms with Crippen LogP contribution in [-0.2, 0) is 6.54 Å². The normalized spacial score (nSPS) is 10.8. The lowest BCUT2D eigenvalue weighted by molar-refractivity contribution is 0.0807. The molecule has 0 radical (unpaired) electrons. The number of nitrogens with two attached hydrogens (primary N) is 1. The van der Waals surface area contributed by atoms with Crippen molar-refractivity contribution in [3.8, 4) is 17.1 Å². The Hall–Kier alpha value is -3.66. The number of nitrogens with one attached hydrogen (secondary N) is 1. The highest BCUT2D eigenvalue weighted by Gasteiger charge is 2.16. The molecule has 0 fully saturated rings. The SMILES string of the molecule is NNC(=O)c1ccc(Cn2c(-c3ccccc3)ncc(OCC(F)F)c2=O)nc1. The quantitative estimate of drug-likeness (QED) is 0.353. The second kappa shape index (κ2) is 9.02. The van der Waals surface area contributed by atoms with Gasteiger partial charge >= 0.3 is 0 Å². The minimum Gasteiger partial charge on any atom is -0.481 e. The molecule has 0 aliphatic carbocycles. The van der Waals surface area contributed by atoms with E-state index in [4.69, 9.17) is 10.6 Å². The summed E-state index contributed by atoms with van der Waals surface area (Å²) in [6, 6.07) is 12.0. The van der Waals surface area contributed by atoms with E-state index in [-0.39, 0.29) is 17.9 Å². The fourth-order valence-electron chi connectivity index (χ4n) is 2.59. The van der Waals surface area contributed by atoms with Gasteiger partial charge < -0.3 is 4.74 Å². The topological polar surface area (TPSA) is 112 Å². The van der Waals surface area contributed by atoms with Crippen LogP contribution in [0.2, 0.25) is 0 Å². The van der Waals surface area contributed by atoms with Crippen LogP contribution in [-0.4, -0.2) is 33.5 Å². The number of nitrogen functional groups attached to an aromatic ring is 1. The average molecular weight is 401 g/mol. The van der Waals surface area contributed by atoms with Crippen molar-refractivity contribution in [2.45, 2.75) is 13.0 Å². The zero-order valence-corrected chi connectivity index (χ0v) is 15.1. The number of carbonyl (C=O) groups excluding carboxylic acids is 1. The molecule has 0 atom stereocenters. The first-order valence-corrected chi connectivity index (χ1v) is 8.51. The number of nitrogens with zero attached hydrogens (tertiary/aromatic N) is 3. The number of hydrazine groups is 1. The maximum atomic E-state index is 12.8. The molecule has 150 valence electrons. The van der Waals surface area contributed by atoms with Gasteiger partial charge in [0.25, 0.3) is 17.9 Å². The summed E-state index contributed by atoms with van der Waals surface area (Å²) < 4.78 is 31.1. The van der Waals surface area contributed by atoms with Crippen molar-refractivity contribution in [2.24, 2.45) is 5.84 Å². The first kappa shape index (κ1) is 20.1. The van der Waals surface area contributed by atoms with Gasteiger partial charge in [-0.2, -0.15) is 0 Å². The molecule has 8 nitrogen and oxygen atoms in total. The summed E-state index contributed by atoms with van der Waals surface area (Å²) in [5.74, 6) is 4.62. The van der Waals surface area contributed by atoms with Crippen LogP contribution < -0.4 is 21.6 Å². The second-order valence-corrected chi connectivity index (χ2v) is 5.92. The van der Waals surface area contributed by atoms with E-state index >= 15 is 0 Å². The number of aromatic nitrogens is 3. The molecule has 1 aromatic carbocycles. The van der Waals surface area contributed by atoms with Crippen molar-refractivity contribution in [3.05, 3.63) is 76.5 Å². The number of alkyl halides is 2. The lowest BCUT2D eigenvalue weighted by Crippen LogP contribution is -2.30. The minimum atomic E-state index is -2.72. The predicted molar refractivity (Wildman–Crippen MR) is 100 cm³/mol. The largest absolute Gasteiger partial charge is 0.481 e. The van der Waals surface area contributed by atoms with Gasteiger partial charge in [0.05, 0.1) is 24.0 Å². The van der Waals surface area contributed by atoms with Crippen LogP contribution in [0.1, 0.15) is 16.1 Å². The van der Waals surface area contributed by atoms with E-state index in [1.165, 1.54) is 16.8 Å². The number of rotatable bonds is 7. The Morgan fingerprint density at radius 3 is 2.52 bits per heavy atom. The van der Waals surface area contributed by atoms with Crippen molar-refractivity contribution in [1.29, 1.82) is 0 Å². The number of carbonyl (C=O) groups is 1. The van der Waals surface area contributed by atoms with E-state index in [1.807, 2.05) is 11.5 Å². The summed E-state index contributed by atoms with van der Waals surface area (Å²) in [6.45, 7) is -0.921. The molecule has 3 N–H and O–H groups in total. The fourth-order valence-corrected chi connectivity index (χ4v) is 2.59. The Morgan fingerprint density at radius 1 is 1.14 bits per heavy atom. The van der Waals surface area contributed by atoms with Gasteiger partial charge in [-0.1, -0.05) is 30.3 Å². The molecule has 2 heterocycles. The van der Waals surface area contributed by atoms with Gasteiger partial charge in [-0.15, -0.1) is 0 Å². The molecule has 0 saturated heterocycles. The van der Waals surface area contributed by atoms with E-state index < -0.39 is 24.5 Å². The first-order chi connectivity index (χ1) is 14.0. The molecule has 0 aliphatic rings. The first-order valence-electron chi connectivity index (χ1n) is 8.51. The molecular formula is C19H17F2N5O3. The maximum absolute atomic E-state index is 12.8. The summed E-state index contributed by atoms with van der Waals surface area (Å²) >= 11 is 0. The molecule has 0 aliphatic heterocycles.